The van der Waals surface area contributed by atoms with Gasteiger partial charge in [0.25, 0.3) is 0 Å². The van der Waals surface area contributed by atoms with Gasteiger partial charge in [-0.2, -0.15) is 0 Å². The highest BCUT2D eigenvalue weighted by atomic mass is 16.5. The second kappa shape index (κ2) is 10.2. The first-order valence-electron chi connectivity index (χ1n) is 7.36. The lowest BCUT2D eigenvalue weighted by Gasteiger charge is -2.22. The first-order valence-corrected chi connectivity index (χ1v) is 7.36. The van der Waals surface area contributed by atoms with Crippen LogP contribution < -0.4 is 5.73 Å². The molecule has 4 nitrogen and oxygen atoms in total. The van der Waals surface area contributed by atoms with Crippen molar-refractivity contribution in [1.82, 2.24) is 0 Å². The SMILES string of the molecule is CCCC(CCN)CCC(=O)OCCC(C)(C)OC. The Labute approximate surface area is 118 Å². The van der Waals surface area contributed by atoms with Gasteiger partial charge in [-0.1, -0.05) is 19.8 Å². The molecule has 0 bridgehead atoms. The molecule has 0 aromatic carbocycles. The van der Waals surface area contributed by atoms with Crippen molar-refractivity contribution in [3.05, 3.63) is 0 Å². The second-order valence-electron chi connectivity index (χ2n) is 5.71. The smallest absolute Gasteiger partial charge is 0.305 e. The lowest BCUT2D eigenvalue weighted by molar-refractivity contribution is -0.145. The second-order valence-corrected chi connectivity index (χ2v) is 5.71. The van der Waals surface area contributed by atoms with E-state index in [2.05, 4.69) is 6.92 Å². The van der Waals surface area contributed by atoms with Crippen molar-refractivity contribution < 1.29 is 14.3 Å². The van der Waals surface area contributed by atoms with E-state index >= 15 is 0 Å². The van der Waals surface area contributed by atoms with Crippen LogP contribution in [-0.2, 0) is 14.3 Å². The predicted molar refractivity (Wildman–Crippen MR) is 78.0 cm³/mol. The summed E-state index contributed by atoms with van der Waals surface area (Å²) in [6, 6.07) is 0. The molecule has 0 spiro atoms. The van der Waals surface area contributed by atoms with Crippen LogP contribution in [0.5, 0.6) is 0 Å². The number of carbonyl (C=O) groups excluding carboxylic acids is 1. The van der Waals surface area contributed by atoms with Gasteiger partial charge in [0.1, 0.15) is 0 Å². The van der Waals surface area contributed by atoms with Crippen LogP contribution in [0.15, 0.2) is 0 Å². The molecule has 4 heteroatoms. The van der Waals surface area contributed by atoms with Gasteiger partial charge in [-0.05, 0) is 39.2 Å². The van der Waals surface area contributed by atoms with E-state index in [4.69, 9.17) is 15.2 Å². The Hall–Kier alpha value is -0.610. The van der Waals surface area contributed by atoms with E-state index < -0.39 is 0 Å². The first-order chi connectivity index (χ1) is 8.95. The summed E-state index contributed by atoms with van der Waals surface area (Å²) in [5.74, 6) is 0.447. The number of esters is 1. The minimum atomic E-state index is -0.232. The van der Waals surface area contributed by atoms with Gasteiger partial charge in [0.15, 0.2) is 0 Å². The molecule has 0 radical (unpaired) electrons. The van der Waals surface area contributed by atoms with Crippen LogP contribution in [0.3, 0.4) is 0 Å². The zero-order chi connectivity index (χ0) is 14.7. The lowest BCUT2D eigenvalue weighted by atomic mass is 9.94. The molecule has 0 aromatic heterocycles. The summed E-state index contributed by atoms with van der Waals surface area (Å²) in [7, 11) is 1.67. The normalized spacial score (nSPS) is 13.3. The van der Waals surface area contributed by atoms with Crippen molar-refractivity contribution in [2.24, 2.45) is 11.7 Å². The number of rotatable bonds is 11. The minimum Gasteiger partial charge on any atom is -0.466 e. The maximum absolute atomic E-state index is 11.6. The Kier molecular flexibility index (Phi) is 9.88. The summed E-state index contributed by atoms with van der Waals surface area (Å²) < 4.78 is 10.5. The van der Waals surface area contributed by atoms with Gasteiger partial charge in [0.2, 0.25) is 0 Å². The number of hydrogen-bond acceptors (Lipinski definition) is 4. The molecule has 0 saturated heterocycles. The van der Waals surface area contributed by atoms with Crippen molar-refractivity contribution in [2.45, 2.75) is 64.9 Å². The van der Waals surface area contributed by atoms with Crippen LogP contribution in [0.1, 0.15) is 59.3 Å². The van der Waals surface area contributed by atoms with Crippen molar-refractivity contribution in [3.63, 3.8) is 0 Å². The Morgan fingerprint density at radius 3 is 2.47 bits per heavy atom. The van der Waals surface area contributed by atoms with Crippen molar-refractivity contribution in [2.75, 3.05) is 20.3 Å². The standard InChI is InChI=1S/C15H31NO3/c1-5-6-13(9-11-16)7-8-14(17)19-12-10-15(2,3)18-4/h13H,5-12,16H2,1-4H3. The summed E-state index contributed by atoms with van der Waals surface area (Å²) in [4.78, 5) is 11.6. The third kappa shape index (κ3) is 9.91. The van der Waals surface area contributed by atoms with Gasteiger partial charge in [-0.3, -0.25) is 4.79 Å². The summed E-state index contributed by atoms with van der Waals surface area (Å²) in [5.41, 5.74) is 5.35. The van der Waals surface area contributed by atoms with E-state index in [1.165, 1.54) is 0 Å². The van der Waals surface area contributed by atoms with E-state index in [0.717, 1.165) is 32.1 Å². The van der Waals surface area contributed by atoms with Crippen LogP contribution in [-0.4, -0.2) is 31.8 Å². The average molecular weight is 273 g/mol. The topological polar surface area (TPSA) is 61.6 Å². The number of nitrogens with two attached hydrogens (primary N) is 1. The molecule has 0 amide bonds. The molecule has 0 fully saturated rings. The quantitative estimate of drug-likeness (QED) is 0.588. The summed E-state index contributed by atoms with van der Waals surface area (Å²) in [6.45, 7) is 7.25. The van der Waals surface area contributed by atoms with Gasteiger partial charge in [-0.25, -0.2) is 0 Å². The fourth-order valence-corrected chi connectivity index (χ4v) is 1.98. The molecule has 0 rings (SSSR count). The van der Waals surface area contributed by atoms with E-state index in [0.29, 0.717) is 25.5 Å². The molecule has 2 N–H and O–H groups in total. The Morgan fingerprint density at radius 1 is 1.26 bits per heavy atom. The molecule has 114 valence electrons. The summed E-state index contributed by atoms with van der Waals surface area (Å²) in [5, 5.41) is 0. The molecule has 0 aliphatic carbocycles. The third-order valence-electron chi connectivity index (χ3n) is 3.55. The molecule has 0 heterocycles. The van der Waals surface area contributed by atoms with Crippen molar-refractivity contribution in [1.29, 1.82) is 0 Å². The summed E-state index contributed by atoms with van der Waals surface area (Å²) in [6.07, 6.45) is 5.38. The molecule has 0 saturated carbocycles. The van der Waals surface area contributed by atoms with E-state index in [-0.39, 0.29) is 11.6 Å². The molecule has 1 unspecified atom stereocenters. The number of hydrogen-bond donors (Lipinski definition) is 1. The highest BCUT2D eigenvalue weighted by Gasteiger charge is 2.17. The highest BCUT2D eigenvalue weighted by Crippen LogP contribution is 2.18. The first kappa shape index (κ1) is 18.4. The maximum atomic E-state index is 11.6. The fraction of sp³-hybridized carbons (Fsp3) is 0.933. The molecular formula is C15H31NO3. The molecule has 0 aliphatic heterocycles. The fourth-order valence-electron chi connectivity index (χ4n) is 1.98. The average Bonchev–Trinajstić information content (AvgIpc) is 2.36. The van der Waals surface area contributed by atoms with E-state index in [1.54, 1.807) is 7.11 Å². The van der Waals surface area contributed by atoms with Crippen LogP contribution in [0.2, 0.25) is 0 Å². The number of ether oxygens (including phenoxy) is 2. The van der Waals surface area contributed by atoms with Gasteiger partial charge in [0.05, 0.1) is 12.2 Å². The van der Waals surface area contributed by atoms with Gasteiger partial charge < -0.3 is 15.2 Å². The number of methoxy groups -OCH3 is 1. The van der Waals surface area contributed by atoms with Crippen LogP contribution >= 0.6 is 0 Å². The Morgan fingerprint density at radius 2 is 1.95 bits per heavy atom. The minimum absolute atomic E-state index is 0.106. The molecular weight excluding hydrogens is 242 g/mol. The van der Waals surface area contributed by atoms with Crippen molar-refractivity contribution in [3.8, 4) is 0 Å². The predicted octanol–water partition coefficient (Wildman–Crippen LogP) is 2.89. The van der Waals surface area contributed by atoms with Crippen LogP contribution in [0.4, 0.5) is 0 Å². The van der Waals surface area contributed by atoms with Crippen LogP contribution in [0.25, 0.3) is 0 Å². The van der Waals surface area contributed by atoms with Gasteiger partial charge >= 0.3 is 5.97 Å². The zero-order valence-electron chi connectivity index (χ0n) is 13.0. The highest BCUT2D eigenvalue weighted by molar-refractivity contribution is 5.69. The Bertz CT molecular complexity index is 236. The maximum Gasteiger partial charge on any atom is 0.305 e. The van der Waals surface area contributed by atoms with E-state index in [1.807, 2.05) is 13.8 Å². The molecule has 19 heavy (non-hydrogen) atoms. The molecule has 0 aliphatic rings. The zero-order valence-corrected chi connectivity index (χ0v) is 13.0. The van der Waals surface area contributed by atoms with Crippen molar-refractivity contribution >= 4 is 5.97 Å². The lowest BCUT2D eigenvalue weighted by Crippen LogP contribution is -2.25. The largest absolute Gasteiger partial charge is 0.466 e. The molecule has 1 atom stereocenters. The van der Waals surface area contributed by atoms with Crippen LogP contribution in [0, 0.1) is 5.92 Å². The van der Waals surface area contributed by atoms with Gasteiger partial charge in [-0.15, -0.1) is 0 Å². The third-order valence-corrected chi connectivity index (χ3v) is 3.55. The summed E-state index contributed by atoms with van der Waals surface area (Å²) >= 11 is 0. The van der Waals surface area contributed by atoms with Gasteiger partial charge in [0, 0.05) is 20.0 Å². The number of carbonyl (C=O) groups is 1. The Balaban J connectivity index is 3.79. The monoisotopic (exact) mass is 273 g/mol. The van der Waals surface area contributed by atoms with E-state index in [9.17, 15) is 4.79 Å². The molecule has 0 aromatic rings.